The van der Waals surface area contributed by atoms with E-state index in [1.165, 1.54) is 0 Å². The number of para-hydroxylation sites is 1. The van der Waals surface area contributed by atoms with Crippen molar-refractivity contribution in [1.82, 2.24) is 0 Å². The Bertz CT molecular complexity index is 1660. The summed E-state index contributed by atoms with van der Waals surface area (Å²) < 4.78 is 11.9. The van der Waals surface area contributed by atoms with Gasteiger partial charge in [-0.25, -0.2) is 0 Å². The lowest BCUT2D eigenvalue weighted by Crippen LogP contribution is -2.42. The Kier molecular flexibility index (Phi) is 5.27. The molecule has 6 nitrogen and oxygen atoms in total. The number of hydrogen-bond acceptors (Lipinski definition) is 4. The van der Waals surface area contributed by atoms with E-state index in [0.29, 0.717) is 18.7 Å². The molecule has 3 heterocycles. The Morgan fingerprint density at radius 3 is 2.56 bits per heavy atom. The SMILES string of the molecule is Cc1ccc(NC(=O)c2ccc(CN3C(=O)C4(COc5cc6c(cc54)CCO6)c4ccccc43)cc2)c(C)c1. The highest BCUT2D eigenvalue weighted by atomic mass is 16.5. The van der Waals surface area contributed by atoms with Gasteiger partial charge in [0.25, 0.3) is 5.91 Å². The van der Waals surface area contributed by atoms with Crippen LogP contribution < -0.4 is 19.7 Å². The van der Waals surface area contributed by atoms with Gasteiger partial charge in [0.15, 0.2) is 0 Å². The molecule has 0 aliphatic carbocycles. The van der Waals surface area contributed by atoms with Gasteiger partial charge in [0.2, 0.25) is 5.91 Å². The Labute approximate surface area is 227 Å². The zero-order chi connectivity index (χ0) is 26.7. The van der Waals surface area contributed by atoms with Gasteiger partial charge >= 0.3 is 0 Å². The van der Waals surface area contributed by atoms with Gasteiger partial charge in [0.05, 0.1) is 13.2 Å². The summed E-state index contributed by atoms with van der Waals surface area (Å²) in [4.78, 5) is 29.0. The largest absolute Gasteiger partial charge is 0.493 e. The molecule has 1 unspecified atom stereocenters. The van der Waals surface area contributed by atoms with Gasteiger partial charge in [0, 0.05) is 35.0 Å². The van der Waals surface area contributed by atoms with Crippen LogP contribution in [0.15, 0.2) is 78.9 Å². The molecule has 6 heteroatoms. The van der Waals surface area contributed by atoms with Crippen LogP contribution in [0.4, 0.5) is 11.4 Å². The van der Waals surface area contributed by atoms with Crippen molar-refractivity contribution in [2.75, 3.05) is 23.4 Å². The van der Waals surface area contributed by atoms with Gasteiger partial charge in [-0.1, -0.05) is 48.0 Å². The van der Waals surface area contributed by atoms with Gasteiger partial charge in [-0.05, 0) is 66.4 Å². The van der Waals surface area contributed by atoms with Gasteiger partial charge in [-0.15, -0.1) is 0 Å². The Morgan fingerprint density at radius 2 is 1.74 bits per heavy atom. The quantitative estimate of drug-likeness (QED) is 0.377. The average Bonchev–Trinajstić information content (AvgIpc) is 3.62. The van der Waals surface area contributed by atoms with Crippen molar-refractivity contribution in [2.24, 2.45) is 0 Å². The third-order valence-corrected chi connectivity index (χ3v) is 8.15. The molecule has 4 aromatic carbocycles. The molecular weight excluding hydrogens is 488 g/mol. The monoisotopic (exact) mass is 516 g/mol. The van der Waals surface area contributed by atoms with Crippen molar-refractivity contribution in [2.45, 2.75) is 32.2 Å². The zero-order valence-electron chi connectivity index (χ0n) is 21.9. The van der Waals surface area contributed by atoms with Gasteiger partial charge < -0.3 is 19.7 Å². The highest BCUT2D eigenvalue weighted by Crippen LogP contribution is 2.54. The molecule has 4 aromatic rings. The van der Waals surface area contributed by atoms with Crippen LogP contribution in [0.2, 0.25) is 0 Å². The first-order chi connectivity index (χ1) is 18.9. The van der Waals surface area contributed by atoms with Crippen molar-refractivity contribution in [3.8, 4) is 11.5 Å². The summed E-state index contributed by atoms with van der Waals surface area (Å²) in [6.07, 6.45) is 0.835. The van der Waals surface area contributed by atoms with Crippen molar-refractivity contribution in [3.63, 3.8) is 0 Å². The fourth-order valence-electron chi connectivity index (χ4n) is 6.10. The van der Waals surface area contributed by atoms with Crippen LogP contribution in [0.5, 0.6) is 11.5 Å². The molecule has 194 valence electrons. The maximum Gasteiger partial charge on any atom is 0.255 e. The number of aryl methyl sites for hydroxylation is 2. The second-order valence-electron chi connectivity index (χ2n) is 10.6. The molecule has 7 rings (SSSR count). The molecule has 1 spiro atoms. The number of carbonyl (C=O) groups excluding carboxylic acids is 2. The molecule has 0 radical (unpaired) electrons. The summed E-state index contributed by atoms with van der Waals surface area (Å²) >= 11 is 0. The molecule has 1 N–H and O–H groups in total. The number of benzene rings is 4. The molecule has 0 saturated heterocycles. The van der Waals surface area contributed by atoms with Crippen molar-refractivity contribution in [3.05, 3.63) is 118 Å². The van der Waals surface area contributed by atoms with E-state index >= 15 is 0 Å². The lowest BCUT2D eigenvalue weighted by molar-refractivity contribution is -0.122. The fraction of sp³-hybridized carbons (Fsp3) is 0.212. The molecule has 2 amide bonds. The number of anilines is 2. The van der Waals surface area contributed by atoms with Crippen LogP contribution in [0.1, 0.15) is 43.7 Å². The maximum absolute atomic E-state index is 14.2. The van der Waals surface area contributed by atoms with Crippen LogP contribution in [-0.4, -0.2) is 25.0 Å². The van der Waals surface area contributed by atoms with E-state index < -0.39 is 5.41 Å². The second kappa shape index (κ2) is 8.73. The van der Waals surface area contributed by atoms with Crippen molar-refractivity contribution in [1.29, 1.82) is 0 Å². The van der Waals surface area contributed by atoms with E-state index in [0.717, 1.165) is 62.7 Å². The molecule has 0 aromatic heterocycles. The highest BCUT2D eigenvalue weighted by Gasteiger charge is 2.57. The standard InChI is InChI=1S/C33H28N2O4/c1-20-7-12-27(21(2)15-20)34-31(36)23-10-8-22(9-11-23)18-35-28-6-4-3-5-25(28)33(32(35)37)19-39-30-17-29-24(13-14-38-29)16-26(30)33/h3-12,15-17H,13-14,18-19H2,1-2H3,(H,34,36). The second-order valence-corrected chi connectivity index (χ2v) is 10.6. The van der Waals surface area contributed by atoms with E-state index in [9.17, 15) is 9.59 Å². The van der Waals surface area contributed by atoms with Crippen LogP contribution >= 0.6 is 0 Å². The van der Waals surface area contributed by atoms with E-state index in [2.05, 4.69) is 11.4 Å². The average molecular weight is 517 g/mol. The molecule has 1 atom stereocenters. The Balaban J connectivity index is 1.16. The third-order valence-electron chi connectivity index (χ3n) is 8.15. The number of amides is 2. The highest BCUT2D eigenvalue weighted by molar-refractivity contribution is 6.11. The smallest absolute Gasteiger partial charge is 0.255 e. The first kappa shape index (κ1) is 23.5. The predicted molar refractivity (Wildman–Crippen MR) is 150 cm³/mol. The molecule has 39 heavy (non-hydrogen) atoms. The number of fused-ring (bicyclic) bond motifs is 5. The maximum atomic E-state index is 14.2. The van der Waals surface area contributed by atoms with Crippen LogP contribution in [0.3, 0.4) is 0 Å². The Hall–Kier alpha value is -4.58. The minimum atomic E-state index is -0.866. The van der Waals surface area contributed by atoms with Crippen molar-refractivity contribution >= 4 is 23.2 Å². The first-order valence-corrected chi connectivity index (χ1v) is 13.3. The molecule has 0 bridgehead atoms. The predicted octanol–water partition coefficient (Wildman–Crippen LogP) is 5.72. The van der Waals surface area contributed by atoms with E-state index in [1.807, 2.05) is 91.5 Å². The minimum Gasteiger partial charge on any atom is -0.493 e. The van der Waals surface area contributed by atoms with E-state index in [-0.39, 0.29) is 18.4 Å². The van der Waals surface area contributed by atoms with Crippen molar-refractivity contribution < 1.29 is 19.1 Å². The Morgan fingerprint density at radius 1 is 0.923 bits per heavy atom. The summed E-state index contributed by atoms with van der Waals surface area (Å²) in [5, 5.41) is 3.00. The van der Waals surface area contributed by atoms with Crippen LogP contribution in [-0.2, 0) is 23.2 Å². The van der Waals surface area contributed by atoms with Gasteiger partial charge in [-0.3, -0.25) is 9.59 Å². The summed E-state index contributed by atoms with van der Waals surface area (Å²) in [5.74, 6) is 1.42. The minimum absolute atomic E-state index is 0.0120. The van der Waals surface area contributed by atoms with Gasteiger partial charge in [-0.2, -0.15) is 0 Å². The summed E-state index contributed by atoms with van der Waals surface area (Å²) in [5.41, 5.74) is 7.53. The van der Waals surface area contributed by atoms with Crippen LogP contribution in [0.25, 0.3) is 0 Å². The first-order valence-electron chi connectivity index (χ1n) is 13.3. The summed E-state index contributed by atoms with van der Waals surface area (Å²) in [6, 6.07) is 25.4. The third kappa shape index (κ3) is 3.62. The number of nitrogens with zero attached hydrogens (tertiary/aromatic N) is 1. The molecule has 3 aliphatic heterocycles. The zero-order valence-corrected chi connectivity index (χ0v) is 21.9. The number of carbonyl (C=O) groups is 2. The number of hydrogen-bond donors (Lipinski definition) is 1. The molecule has 3 aliphatic rings. The summed E-state index contributed by atoms with van der Waals surface area (Å²) in [6.45, 7) is 5.34. The fourth-order valence-corrected chi connectivity index (χ4v) is 6.10. The number of ether oxygens (including phenoxy) is 2. The summed E-state index contributed by atoms with van der Waals surface area (Å²) in [7, 11) is 0. The number of nitrogens with one attached hydrogen (secondary N) is 1. The molecular formula is C33H28N2O4. The number of rotatable bonds is 4. The topological polar surface area (TPSA) is 67.9 Å². The molecule has 0 fully saturated rings. The lowest BCUT2D eigenvalue weighted by atomic mass is 9.76. The normalized spacial score (nSPS) is 18.4. The van der Waals surface area contributed by atoms with Gasteiger partial charge in [0.1, 0.15) is 23.5 Å². The lowest BCUT2D eigenvalue weighted by Gasteiger charge is -2.23. The molecule has 0 saturated carbocycles. The van der Waals surface area contributed by atoms with E-state index in [1.54, 1.807) is 0 Å². The van der Waals surface area contributed by atoms with E-state index in [4.69, 9.17) is 9.47 Å². The van der Waals surface area contributed by atoms with Crippen LogP contribution in [0, 0.1) is 13.8 Å².